The highest BCUT2D eigenvalue weighted by atomic mass is 16.7. The fraction of sp³-hybridized carbons (Fsp3) is 0.776. The first kappa shape index (κ1) is 74.3. The number of amides is 1. The summed E-state index contributed by atoms with van der Waals surface area (Å²) in [5, 5.41) is 86.7. The Labute approximate surface area is 491 Å². The van der Waals surface area contributed by atoms with E-state index in [0.29, 0.717) is 12.8 Å². The molecule has 14 nitrogen and oxygen atoms in total. The Morgan fingerprint density at radius 3 is 1.36 bits per heavy atom. The summed E-state index contributed by atoms with van der Waals surface area (Å²) in [4.78, 5) is 13.2. The highest BCUT2D eigenvalue weighted by molar-refractivity contribution is 5.76. The van der Waals surface area contributed by atoms with Gasteiger partial charge in [0.1, 0.15) is 48.8 Å². The van der Waals surface area contributed by atoms with Crippen molar-refractivity contribution in [3.63, 3.8) is 0 Å². The van der Waals surface area contributed by atoms with Crippen molar-refractivity contribution in [2.45, 2.75) is 312 Å². The third-order valence-electron chi connectivity index (χ3n) is 15.3. The Balaban J connectivity index is 1.52. The molecule has 9 N–H and O–H groups in total. The zero-order valence-corrected chi connectivity index (χ0v) is 50.5. The van der Waals surface area contributed by atoms with Gasteiger partial charge in [0.15, 0.2) is 12.6 Å². The molecular formula is C67H117NO13. The van der Waals surface area contributed by atoms with Crippen LogP contribution in [0.2, 0.25) is 0 Å². The third kappa shape index (κ3) is 36.6. The first-order chi connectivity index (χ1) is 39.6. The van der Waals surface area contributed by atoms with E-state index >= 15 is 0 Å². The molecule has 14 heteroatoms. The quantitative estimate of drug-likeness (QED) is 0.0204. The molecule has 2 aliphatic heterocycles. The molecule has 2 aliphatic rings. The molecule has 2 rings (SSSR count). The van der Waals surface area contributed by atoms with Crippen LogP contribution in [0.25, 0.3) is 0 Å². The summed E-state index contributed by atoms with van der Waals surface area (Å²) in [6.07, 6.45) is 54.2. The molecule has 0 aromatic rings. The van der Waals surface area contributed by atoms with Gasteiger partial charge in [-0.05, 0) is 70.6 Å². The molecule has 0 aromatic heterocycles. The molecule has 0 spiro atoms. The second-order valence-electron chi connectivity index (χ2n) is 22.5. The molecule has 468 valence electrons. The van der Waals surface area contributed by atoms with E-state index < -0.39 is 86.8 Å². The molecule has 1 amide bonds. The lowest BCUT2D eigenvalue weighted by molar-refractivity contribution is -0.359. The van der Waals surface area contributed by atoms with Gasteiger partial charge in [-0.25, -0.2) is 0 Å². The first-order valence-electron chi connectivity index (χ1n) is 32.3. The molecule has 0 aliphatic carbocycles. The predicted octanol–water partition coefficient (Wildman–Crippen LogP) is 12.1. The Morgan fingerprint density at radius 1 is 0.457 bits per heavy atom. The van der Waals surface area contributed by atoms with Gasteiger partial charge in [-0.15, -0.1) is 0 Å². The van der Waals surface area contributed by atoms with E-state index in [4.69, 9.17) is 18.9 Å². The fourth-order valence-corrected chi connectivity index (χ4v) is 10.1. The largest absolute Gasteiger partial charge is 0.394 e. The Hall–Kier alpha value is -2.83. The zero-order chi connectivity index (χ0) is 58.8. The van der Waals surface area contributed by atoms with Gasteiger partial charge in [0.25, 0.3) is 0 Å². The highest BCUT2D eigenvalue weighted by Gasteiger charge is 2.51. The number of ether oxygens (including phenoxy) is 4. The molecule has 81 heavy (non-hydrogen) atoms. The smallest absolute Gasteiger partial charge is 0.220 e. The lowest BCUT2D eigenvalue weighted by atomic mass is 9.97. The van der Waals surface area contributed by atoms with Crippen LogP contribution >= 0.6 is 0 Å². The van der Waals surface area contributed by atoms with Gasteiger partial charge in [-0.2, -0.15) is 0 Å². The predicted molar refractivity (Wildman–Crippen MR) is 327 cm³/mol. The summed E-state index contributed by atoms with van der Waals surface area (Å²) in [7, 11) is 0. The van der Waals surface area contributed by atoms with Crippen LogP contribution in [0.5, 0.6) is 0 Å². The second-order valence-corrected chi connectivity index (χ2v) is 22.5. The van der Waals surface area contributed by atoms with Gasteiger partial charge in [-0.3, -0.25) is 4.79 Å². The molecule has 0 radical (unpaired) electrons. The number of allylic oxidation sites excluding steroid dienone is 13. The van der Waals surface area contributed by atoms with E-state index in [1.54, 1.807) is 6.08 Å². The fourth-order valence-electron chi connectivity index (χ4n) is 10.1. The lowest BCUT2D eigenvalue weighted by Crippen LogP contribution is -2.65. The van der Waals surface area contributed by atoms with Gasteiger partial charge in [0.2, 0.25) is 5.91 Å². The maximum atomic E-state index is 13.2. The van der Waals surface area contributed by atoms with Crippen LogP contribution in [0.3, 0.4) is 0 Å². The molecule has 0 saturated carbocycles. The van der Waals surface area contributed by atoms with Crippen LogP contribution < -0.4 is 5.32 Å². The van der Waals surface area contributed by atoms with Gasteiger partial charge in [-0.1, -0.05) is 247 Å². The first-order valence-corrected chi connectivity index (χ1v) is 32.3. The Morgan fingerprint density at radius 2 is 0.864 bits per heavy atom. The topological polar surface area (TPSA) is 228 Å². The lowest BCUT2D eigenvalue weighted by Gasteiger charge is -2.46. The van der Waals surface area contributed by atoms with Crippen molar-refractivity contribution in [1.82, 2.24) is 5.32 Å². The second kappa shape index (κ2) is 51.6. The number of unbranched alkanes of at least 4 members (excludes halogenated alkanes) is 26. The van der Waals surface area contributed by atoms with Crippen molar-refractivity contribution in [3.8, 4) is 0 Å². The van der Waals surface area contributed by atoms with E-state index in [2.05, 4.69) is 92.1 Å². The number of aliphatic hydroxyl groups excluding tert-OH is 8. The summed E-state index contributed by atoms with van der Waals surface area (Å²) in [6, 6.07) is -0.930. The van der Waals surface area contributed by atoms with Gasteiger partial charge >= 0.3 is 0 Å². The number of aliphatic hydroxyl groups is 8. The SMILES string of the molecule is CC/C=C\C/C=C\C/C=C\C/C=C\C/C=C\CCCCCCCCCCCCCCCCCCCCCCCCCC(=O)NC(COC1OC(CO)C(OC2OC(CO)C(O)C(O)C2O)C(O)C1O)C(O)/C=C/CC/C=C/CCCC. The van der Waals surface area contributed by atoms with Crippen LogP contribution in [-0.4, -0.2) is 140 Å². The summed E-state index contributed by atoms with van der Waals surface area (Å²) in [6.45, 7) is 2.58. The Bertz CT molecular complexity index is 1680. The van der Waals surface area contributed by atoms with Crippen LogP contribution in [-0.2, 0) is 23.7 Å². The molecule has 0 aromatic carbocycles. The zero-order valence-electron chi connectivity index (χ0n) is 50.5. The van der Waals surface area contributed by atoms with Gasteiger partial charge in [0, 0.05) is 6.42 Å². The van der Waals surface area contributed by atoms with Crippen molar-refractivity contribution >= 4 is 5.91 Å². The average molecular weight is 1140 g/mol. The van der Waals surface area contributed by atoms with Crippen LogP contribution in [0.1, 0.15) is 239 Å². The maximum absolute atomic E-state index is 13.2. The third-order valence-corrected chi connectivity index (χ3v) is 15.3. The van der Waals surface area contributed by atoms with E-state index in [-0.39, 0.29) is 18.9 Å². The van der Waals surface area contributed by atoms with Crippen LogP contribution in [0.15, 0.2) is 85.1 Å². The summed E-state index contributed by atoms with van der Waals surface area (Å²) in [5.41, 5.74) is 0. The van der Waals surface area contributed by atoms with Gasteiger partial charge < -0.3 is 65.1 Å². The van der Waals surface area contributed by atoms with Crippen LogP contribution in [0, 0.1) is 0 Å². The van der Waals surface area contributed by atoms with Crippen molar-refractivity contribution in [3.05, 3.63) is 85.1 Å². The molecule has 0 bridgehead atoms. The number of rotatable bonds is 51. The van der Waals surface area contributed by atoms with Gasteiger partial charge in [0.05, 0.1) is 32.0 Å². The molecular weight excluding hydrogens is 1030 g/mol. The maximum Gasteiger partial charge on any atom is 0.220 e. The van der Waals surface area contributed by atoms with E-state index in [1.165, 1.54) is 128 Å². The molecule has 2 heterocycles. The molecule has 2 saturated heterocycles. The minimum absolute atomic E-state index is 0.252. The number of hydrogen-bond donors (Lipinski definition) is 9. The van der Waals surface area contributed by atoms with Crippen LogP contribution in [0.4, 0.5) is 0 Å². The normalized spacial score (nSPS) is 24.7. The average Bonchev–Trinajstić information content (AvgIpc) is 3.51. The van der Waals surface area contributed by atoms with E-state index in [9.17, 15) is 45.6 Å². The minimum Gasteiger partial charge on any atom is -0.394 e. The summed E-state index contributed by atoms with van der Waals surface area (Å²) >= 11 is 0. The number of carbonyl (C=O) groups is 1. The molecule has 2 fully saturated rings. The molecule has 12 unspecified atom stereocenters. The van der Waals surface area contributed by atoms with Crippen molar-refractivity contribution in [1.29, 1.82) is 0 Å². The van der Waals surface area contributed by atoms with Crippen molar-refractivity contribution in [2.75, 3.05) is 19.8 Å². The summed E-state index contributed by atoms with van der Waals surface area (Å²) < 4.78 is 22.7. The highest BCUT2D eigenvalue weighted by Crippen LogP contribution is 2.30. The Kier molecular flexibility index (Phi) is 47.3. The minimum atomic E-state index is -1.79. The van der Waals surface area contributed by atoms with Crippen molar-refractivity contribution < 1.29 is 64.6 Å². The monoisotopic (exact) mass is 1140 g/mol. The number of hydrogen-bond acceptors (Lipinski definition) is 13. The summed E-state index contributed by atoms with van der Waals surface area (Å²) in [5.74, 6) is -0.252. The molecule has 12 atom stereocenters. The standard InChI is InChI=1S/C67H117NO13/c1-3-5-7-9-11-13-14-15-16-17-18-19-20-21-22-23-24-25-26-27-28-29-30-31-32-33-34-35-36-37-38-39-40-41-42-43-45-47-49-51-59(72)68-55(56(71)50-48-46-44-12-10-8-6-4-2)54-78-66-64(77)62(75)65(58(53-70)80-66)81-67-63(76)61(74)60(73)57(52-69)79-67/h5,7,10-13,15-16,18-19,21-22,48,50,55-58,60-67,69-71,73-77H,3-4,6,8-9,14,17,20,23-47,49,51-54H2,1-2H3,(H,68,72)/b7-5-,12-10+,13-11-,16-15-,19-18-,22-21-,50-48+. The van der Waals surface area contributed by atoms with Crippen molar-refractivity contribution in [2.24, 2.45) is 0 Å². The number of carbonyl (C=O) groups excluding carboxylic acids is 1. The number of nitrogens with one attached hydrogen (secondary N) is 1. The van der Waals surface area contributed by atoms with E-state index in [1.807, 2.05) is 6.08 Å². The van der Waals surface area contributed by atoms with E-state index in [0.717, 1.165) is 77.0 Å².